The van der Waals surface area contributed by atoms with E-state index in [1.54, 1.807) is 0 Å². The van der Waals surface area contributed by atoms with Gasteiger partial charge in [0.05, 0.1) is 39.5 Å². The van der Waals surface area contributed by atoms with Crippen molar-refractivity contribution in [1.82, 2.24) is 4.90 Å². The predicted molar refractivity (Wildman–Crippen MR) is 103 cm³/mol. The Hall–Kier alpha value is -1.59. The largest absolute Gasteiger partial charge is 0.494 e. The van der Waals surface area contributed by atoms with Crippen LogP contribution in [-0.2, 0) is 19.7 Å². The third-order valence-corrected chi connectivity index (χ3v) is 4.67. The van der Waals surface area contributed by atoms with Crippen molar-refractivity contribution >= 4 is 5.91 Å². The van der Waals surface area contributed by atoms with Gasteiger partial charge >= 0.3 is 0 Å². The summed E-state index contributed by atoms with van der Waals surface area (Å²) in [5.74, 6) is 1.06. The van der Waals surface area contributed by atoms with Crippen LogP contribution >= 0.6 is 0 Å². The summed E-state index contributed by atoms with van der Waals surface area (Å²) in [6.45, 7) is 10.9. The molecule has 26 heavy (non-hydrogen) atoms. The van der Waals surface area contributed by atoms with Gasteiger partial charge in [-0.1, -0.05) is 39.3 Å². The molecule has 146 valence electrons. The third kappa shape index (κ3) is 6.61. The molecular formula is C21H33NO4. The molecule has 0 radical (unpaired) electrons. The molecule has 5 nitrogen and oxygen atoms in total. The van der Waals surface area contributed by atoms with E-state index in [2.05, 4.69) is 32.9 Å². The van der Waals surface area contributed by atoms with E-state index < -0.39 is 0 Å². The Bertz CT molecular complexity index is 553. The van der Waals surface area contributed by atoms with Crippen LogP contribution in [-0.4, -0.2) is 56.9 Å². The van der Waals surface area contributed by atoms with E-state index in [4.69, 9.17) is 14.2 Å². The van der Waals surface area contributed by atoms with Crippen molar-refractivity contribution in [1.29, 1.82) is 0 Å². The second-order valence-electron chi connectivity index (χ2n) is 7.41. The highest BCUT2D eigenvalue weighted by molar-refractivity contribution is 5.76. The molecule has 0 N–H and O–H groups in total. The van der Waals surface area contributed by atoms with Crippen LogP contribution in [0.4, 0.5) is 0 Å². The van der Waals surface area contributed by atoms with Crippen LogP contribution in [0.5, 0.6) is 5.75 Å². The lowest BCUT2D eigenvalue weighted by molar-refractivity contribution is -0.136. The van der Waals surface area contributed by atoms with Crippen LogP contribution in [0.25, 0.3) is 0 Å². The molecule has 1 aromatic carbocycles. The lowest BCUT2D eigenvalue weighted by Crippen LogP contribution is -2.41. The summed E-state index contributed by atoms with van der Waals surface area (Å²) in [6.07, 6.45) is 2.62. The van der Waals surface area contributed by atoms with Crippen molar-refractivity contribution in [2.24, 2.45) is 0 Å². The Labute approximate surface area is 157 Å². The molecule has 1 heterocycles. The fourth-order valence-electron chi connectivity index (χ4n) is 2.88. The summed E-state index contributed by atoms with van der Waals surface area (Å²) in [7, 11) is 0. The molecule has 0 saturated carbocycles. The molecule has 0 atom stereocenters. The normalized spacial score (nSPS) is 15.1. The molecule has 2 rings (SSSR count). The fraction of sp³-hybridized carbons (Fsp3) is 0.667. The van der Waals surface area contributed by atoms with Gasteiger partial charge in [0, 0.05) is 18.5 Å². The number of ether oxygens (including phenoxy) is 3. The molecule has 1 fully saturated rings. The van der Waals surface area contributed by atoms with E-state index in [-0.39, 0.29) is 11.3 Å². The molecule has 0 unspecified atom stereocenters. The molecule has 1 aliphatic rings. The minimum Gasteiger partial charge on any atom is -0.494 e. The van der Waals surface area contributed by atoms with Crippen LogP contribution < -0.4 is 4.74 Å². The van der Waals surface area contributed by atoms with Crippen molar-refractivity contribution in [3.63, 3.8) is 0 Å². The highest BCUT2D eigenvalue weighted by Crippen LogP contribution is 2.27. The van der Waals surface area contributed by atoms with Gasteiger partial charge < -0.3 is 19.1 Å². The molecule has 0 spiro atoms. The molecular weight excluding hydrogens is 330 g/mol. The van der Waals surface area contributed by atoms with Crippen LogP contribution in [0.15, 0.2) is 24.3 Å². The number of benzene rings is 1. The van der Waals surface area contributed by atoms with Crippen molar-refractivity contribution in [2.75, 3.05) is 46.1 Å². The molecule has 1 aromatic rings. The maximum Gasteiger partial charge on any atom is 0.225 e. The van der Waals surface area contributed by atoms with Gasteiger partial charge in [0.15, 0.2) is 0 Å². The van der Waals surface area contributed by atoms with E-state index >= 15 is 0 Å². The maximum absolute atomic E-state index is 12.1. The minimum atomic E-state index is -0.133. The van der Waals surface area contributed by atoms with Gasteiger partial charge in [0.1, 0.15) is 5.75 Å². The zero-order valence-corrected chi connectivity index (χ0v) is 16.5. The SMILES string of the molecule is CCCCOc1cccc(C(C)(C)COCCC(=O)N2CCOCC2)c1. The van der Waals surface area contributed by atoms with Gasteiger partial charge in [-0.3, -0.25) is 4.79 Å². The highest BCUT2D eigenvalue weighted by atomic mass is 16.5. The Morgan fingerprint density at radius 1 is 1.23 bits per heavy atom. The fourth-order valence-corrected chi connectivity index (χ4v) is 2.88. The second kappa shape index (κ2) is 10.5. The topological polar surface area (TPSA) is 48.0 Å². The van der Waals surface area contributed by atoms with Crippen LogP contribution in [0.3, 0.4) is 0 Å². The maximum atomic E-state index is 12.1. The first-order valence-electron chi connectivity index (χ1n) is 9.69. The number of amides is 1. The molecule has 0 aliphatic carbocycles. The Morgan fingerprint density at radius 2 is 2.00 bits per heavy atom. The standard InChI is InChI=1S/C21H33NO4/c1-4-5-12-26-19-8-6-7-18(16-19)21(2,3)17-25-13-9-20(23)22-10-14-24-15-11-22/h6-8,16H,4-5,9-15,17H2,1-3H3. The molecule has 0 bridgehead atoms. The van der Waals surface area contributed by atoms with E-state index in [0.717, 1.165) is 25.2 Å². The summed E-state index contributed by atoms with van der Waals surface area (Å²) in [5, 5.41) is 0. The quantitative estimate of drug-likeness (QED) is 0.598. The van der Waals surface area contributed by atoms with Gasteiger partial charge in [-0.25, -0.2) is 0 Å². The van der Waals surface area contributed by atoms with E-state index in [1.807, 2.05) is 17.0 Å². The number of carbonyl (C=O) groups excluding carboxylic acids is 1. The second-order valence-corrected chi connectivity index (χ2v) is 7.41. The smallest absolute Gasteiger partial charge is 0.225 e. The zero-order chi connectivity index (χ0) is 18.8. The third-order valence-electron chi connectivity index (χ3n) is 4.67. The summed E-state index contributed by atoms with van der Waals surface area (Å²) < 4.78 is 16.9. The highest BCUT2D eigenvalue weighted by Gasteiger charge is 2.22. The molecule has 0 aromatic heterocycles. The number of rotatable bonds is 10. The lowest BCUT2D eigenvalue weighted by Gasteiger charge is -2.28. The number of morpholine rings is 1. The van der Waals surface area contributed by atoms with Gasteiger partial charge in [-0.05, 0) is 24.1 Å². The predicted octanol–water partition coefficient (Wildman–Crippen LogP) is 3.41. The van der Waals surface area contributed by atoms with Crippen molar-refractivity contribution in [2.45, 2.75) is 45.4 Å². The van der Waals surface area contributed by atoms with Gasteiger partial charge in [-0.2, -0.15) is 0 Å². The first kappa shape index (κ1) is 20.7. The minimum absolute atomic E-state index is 0.133. The average Bonchev–Trinajstić information content (AvgIpc) is 2.66. The summed E-state index contributed by atoms with van der Waals surface area (Å²) in [4.78, 5) is 14.0. The van der Waals surface area contributed by atoms with Crippen molar-refractivity contribution in [3.05, 3.63) is 29.8 Å². The van der Waals surface area contributed by atoms with Crippen LogP contribution in [0, 0.1) is 0 Å². The van der Waals surface area contributed by atoms with Gasteiger partial charge in [0.2, 0.25) is 5.91 Å². The first-order valence-corrected chi connectivity index (χ1v) is 9.69. The van der Waals surface area contributed by atoms with Crippen LogP contribution in [0.2, 0.25) is 0 Å². The molecule has 1 aliphatic heterocycles. The first-order chi connectivity index (χ1) is 12.5. The van der Waals surface area contributed by atoms with Crippen molar-refractivity contribution in [3.8, 4) is 5.75 Å². The molecule has 1 saturated heterocycles. The zero-order valence-electron chi connectivity index (χ0n) is 16.5. The summed E-state index contributed by atoms with van der Waals surface area (Å²) in [5.41, 5.74) is 1.05. The lowest BCUT2D eigenvalue weighted by atomic mass is 9.85. The number of unbranched alkanes of at least 4 members (excludes halogenated alkanes) is 1. The summed E-state index contributed by atoms with van der Waals surface area (Å²) in [6, 6.07) is 8.23. The van der Waals surface area contributed by atoms with E-state index in [9.17, 15) is 4.79 Å². The molecule has 1 amide bonds. The number of carbonyl (C=O) groups is 1. The Balaban J connectivity index is 1.76. The van der Waals surface area contributed by atoms with E-state index in [0.29, 0.717) is 45.9 Å². The Kier molecular flexibility index (Phi) is 8.39. The average molecular weight is 363 g/mol. The van der Waals surface area contributed by atoms with Crippen molar-refractivity contribution < 1.29 is 19.0 Å². The number of hydrogen-bond acceptors (Lipinski definition) is 4. The number of nitrogens with zero attached hydrogens (tertiary/aromatic N) is 1. The molecule has 5 heteroatoms. The number of hydrogen-bond donors (Lipinski definition) is 0. The van der Waals surface area contributed by atoms with Crippen LogP contribution in [0.1, 0.15) is 45.6 Å². The van der Waals surface area contributed by atoms with Gasteiger partial charge in [0.25, 0.3) is 0 Å². The van der Waals surface area contributed by atoms with E-state index in [1.165, 1.54) is 5.56 Å². The summed E-state index contributed by atoms with van der Waals surface area (Å²) >= 11 is 0. The monoisotopic (exact) mass is 363 g/mol. The Morgan fingerprint density at radius 3 is 2.73 bits per heavy atom. The van der Waals surface area contributed by atoms with Gasteiger partial charge in [-0.15, -0.1) is 0 Å².